The van der Waals surface area contributed by atoms with Gasteiger partial charge in [-0.15, -0.1) is 6.58 Å². The van der Waals surface area contributed by atoms with Crippen molar-refractivity contribution in [3.8, 4) is 5.75 Å². The van der Waals surface area contributed by atoms with Crippen molar-refractivity contribution < 1.29 is 39.9 Å². The number of methoxy groups -OCH3 is 1. The fourth-order valence-corrected chi connectivity index (χ4v) is 12.3. The molecule has 274 valence electrons. The van der Waals surface area contributed by atoms with Crippen molar-refractivity contribution in [2.75, 3.05) is 7.11 Å². The molecular formula is C37H58F6O3Si2. The van der Waals surface area contributed by atoms with Crippen molar-refractivity contribution >= 4 is 16.6 Å². The number of allylic oxidation sites excluding steroid dienone is 1. The summed E-state index contributed by atoms with van der Waals surface area (Å²) in [5.74, 6) is 1.17. The smallest absolute Gasteiger partial charge is 0.425 e. The summed E-state index contributed by atoms with van der Waals surface area (Å²) in [5, 5.41) is 0.0262. The van der Waals surface area contributed by atoms with E-state index in [0.29, 0.717) is 12.3 Å². The molecule has 0 spiro atoms. The summed E-state index contributed by atoms with van der Waals surface area (Å²) in [6, 6.07) is 6.18. The largest absolute Gasteiger partial charge is 0.497 e. The molecule has 6 atom stereocenters. The zero-order valence-corrected chi connectivity index (χ0v) is 32.7. The van der Waals surface area contributed by atoms with Crippen LogP contribution in [0.2, 0.25) is 37.8 Å². The molecular weight excluding hydrogens is 663 g/mol. The predicted octanol–water partition coefficient (Wildman–Crippen LogP) is 12.0. The Kier molecular flexibility index (Phi) is 10.7. The maximum Gasteiger partial charge on any atom is 0.425 e. The van der Waals surface area contributed by atoms with Crippen LogP contribution in [0.3, 0.4) is 0 Å². The fourth-order valence-electron chi connectivity index (χ4n) is 9.43. The molecule has 0 saturated heterocycles. The number of rotatable bonds is 11. The van der Waals surface area contributed by atoms with Crippen molar-refractivity contribution in [3.05, 3.63) is 42.0 Å². The maximum atomic E-state index is 14.3. The fraction of sp³-hybridized carbons (Fsp3) is 0.784. The van der Waals surface area contributed by atoms with Crippen LogP contribution in [0.15, 0.2) is 30.9 Å². The van der Waals surface area contributed by atoms with E-state index in [1.54, 1.807) is 7.11 Å². The van der Waals surface area contributed by atoms with E-state index in [4.69, 9.17) is 13.6 Å². The molecule has 3 nitrogen and oxygen atoms in total. The van der Waals surface area contributed by atoms with Gasteiger partial charge in [0.2, 0.25) is 5.60 Å². The van der Waals surface area contributed by atoms with E-state index in [0.717, 1.165) is 37.9 Å². The van der Waals surface area contributed by atoms with Crippen LogP contribution in [0.5, 0.6) is 5.75 Å². The first-order valence-corrected chi connectivity index (χ1v) is 23.9. The summed E-state index contributed by atoms with van der Waals surface area (Å²) in [5.41, 5.74) is -2.20. The van der Waals surface area contributed by atoms with E-state index in [9.17, 15) is 26.3 Å². The van der Waals surface area contributed by atoms with E-state index < -0.39 is 41.0 Å². The Balaban J connectivity index is 1.72. The van der Waals surface area contributed by atoms with Crippen molar-refractivity contribution in [2.45, 2.75) is 153 Å². The molecule has 2 saturated carbocycles. The Hall–Kier alpha value is -1.31. The molecule has 1 unspecified atom stereocenters. The van der Waals surface area contributed by atoms with Gasteiger partial charge in [-0.1, -0.05) is 46.3 Å². The first-order chi connectivity index (χ1) is 21.8. The zero-order chi connectivity index (χ0) is 36.4. The molecule has 0 N–H and O–H groups in total. The topological polar surface area (TPSA) is 27.7 Å². The summed E-state index contributed by atoms with van der Waals surface area (Å²) in [4.78, 5) is 0. The van der Waals surface area contributed by atoms with Gasteiger partial charge in [0.05, 0.1) is 13.2 Å². The van der Waals surface area contributed by atoms with Crippen LogP contribution < -0.4 is 4.74 Å². The second-order valence-electron chi connectivity index (χ2n) is 17.6. The second-order valence-corrected chi connectivity index (χ2v) is 26.8. The van der Waals surface area contributed by atoms with Gasteiger partial charge in [0.25, 0.3) is 0 Å². The lowest BCUT2D eigenvalue weighted by atomic mass is 9.44. The Bertz CT molecular complexity index is 1300. The van der Waals surface area contributed by atoms with Gasteiger partial charge in [-0.3, -0.25) is 0 Å². The highest BCUT2D eigenvalue weighted by molar-refractivity contribution is 6.74. The average molecular weight is 721 g/mol. The van der Waals surface area contributed by atoms with Crippen molar-refractivity contribution in [1.29, 1.82) is 0 Å². The Morgan fingerprint density at radius 1 is 0.958 bits per heavy atom. The first-order valence-electron chi connectivity index (χ1n) is 17.6. The van der Waals surface area contributed by atoms with Gasteiger partial charge >= 0.3 is 12.4 Å². The van der Waals surface area contributed by atoms with Crippen LogP contribution in [0.25, 0.3) is 0 Å². The maximum absolute atomic E-state index is 14.3. The van der Waals surface area contributed by atoms with Gasteiger partial charge in [0.15, 0.2) is 16.6 Å². The number of benzene rings is 1. The third-order valence-electron chi connectivity index (χ3n) is 12.5. The third-order valence-corrected chi connectivity index (χ3v) is 18.0. The molecule has 1 aromatic rings. The quantitative estimate of drug-likeness (QED) is 0.0986. The van der Waals surface area contributed by atoms with Gasteiger partial charge in [0.1, 0.15) is 5.75 Å². The number of unbranched alkanes of at least 4 members (excludes halogenated alkanes) is 1. The highest BCUT2D eigenvalue weighted by Gasteiger charge is 2.72. The lowest BCUT2D eigenvalue weighted by molar-refractivity contribution is -0.362. The zero-order valence-electron chi connectivity index (χ0n) is 30.7. The molecule has 0 bridgehead atoms. The standard InChI is InChI=1S/C37H58F6O3Si2/c1-12-34-22-20-25-23-27(44-6)16-17-28(25)31(34)26(24-33(5)29(34)18-19-30(33)45-48(10,11)32(2,3)4)15-13-14-21-35(36(38,39)40,37(41,42)43)46-47(7,8)9/h12,16-17,23,26,29-31H,1,13-15,18-22,24H2,2-11H3/t26-,29+,30-,31+,33-,34?/m0/s1. The Labute approximate surface area is 286 Å². The molecule has 4 rings (SSSR count). The second kappa shape index (κ2) is 13.0. The summed E-state index contributed by atoms with van der Waals surface area (Å²) in [6.07, 6.45) is -5.11. The molecule has 0 aliphatic heterocycles. The van der Waals surface area contributed by atoms with Crippen LogP contribution in [0.4, 0.5) is 26.3 Å². The monoisotopic (exact) mass is 720 g/mol. The van der Waals surface area contributed by atoms with Crippen molar-refractivity contribution in [3.63, 3.8) is 0 Å². The van der Waals surface area contributed by atoms with Crippen LogP contribution >= 0.6 is 0 Å². The minimum Gasteiger partial charge on any atom is -0.497 e. The average Bonchev–Trinajstić information content (AvgIpc) is 3.26. The Morgan fingerprint density at radius 3 is 2.10 bits per heavy atom. The lowest BCUT2D eigenvalue weighted by Gasteiger charge is -2.61. The van der Waals surface area contributed by atoms with Crippen LogP contribution in [-0.2, 0) is 15.3 Å². The molecule has 2 fully saturated rings. The van der Waals surface area contributed by atoms with E-state index in [1.807, 2.05) is 6.07 Å². The molecule has 1 aromatic carbocycles. The van der Waals surface area contributed by atoms with Crippen molar-refractivity contribution in [2.24, 2.45) is 22.7 Å². The number of fused-ring (bicyclic) bond motifs is 5. The van der Waals surface area contributed by atoms with Gasteiger partial charge < -0.3 is 13.6 Å². The molecule has 0 aromatic heterocycles. The summed E-state index contributed by atoms with van der Waals surface area (Å²) in [7, 11) is -3.72. The number of hydrogen-bond donors (Lipinski definition) is 0. The minimum atomic E-state index is -5.57. The highest BCUT2D eigenvalue weighted by Crippen LogP contribution is 2.70. The molecule has 0 heterocycles. The predicted molar refractivity (Wildman–Crippen MR) is 185 cm³/mol. The molecule has 11 heteroatoms. The van der Waals surface area contributed by atoms with E-state index in [1.165, 1.54) is 30.8 Å². The number of halogens is 6. The van der Waals surface area contributed by atoms with Crippen LogP contribution in [0.1, 0.15) is 96.1 Å². The lowest BCUT2D eigenvalue weighted by Crippen LogP contribution is -2.62. The van der Waals surface area contributed by atoms with Gasteiger partial charge in [-0.05, 0) is 141 Å². The summed E-state index contributed by atoms with van der Waals surface area (Å²) < 4.78 is 104. The number of aryl methyl sites for hydroxylation is 1. The molecule has 3 aliphatic rings. The van der Waals surface area contributed by atoms with Crippen LogP contribution in [0, 0.1) is 22.7 Å². The SMILES string of the molecule is C=CC12CCc3cc(OC)ccc3[C@H]1[C@@H](CCCCC(O[Si](C)(C)C)(C(F)(F)F)C(F)(F)F)C[C@]1(C)[C@@H](O[Si](C)(C)C(C)(C)C)CC[C@@H]21. The summed E-state index contributed by atoms with van der Waals surface area (Å²) >= 11 is 0. The van der Waals surface area contributed by atoms with Gasteiger partial charge in [-0.2, -0.15) is 26.3 Å². The van der Waals surface area contributed by atoms with Crippen LogP contribution in [-0.4, -0.2) is 47.8 Å². The van der Waals surface area contributed by atoms with E-state index in [-0.39, 0.29) is 46.6 Å². The minimum absolute atomic E-state index is 0.0262. The van der Waals surface area contributed by atoms with Gasteiger partial charge in [0, 0.05) is 0 Å². The molecule has 0 radical (unpaired) electrons. The number of alkyl halides is 6. The molecule has 48 heavy (non-hydrogen) atoms. The normalized spacial score (nSPS) is 30.0. The van der Waals surface area contributed by atoms with E-state index >= 15 is 0 Å². The molecule has 0 amide bonds. The summed E-state index contributed by atoms with van der Waals surface area (Å²) in [6.45, 7) is 22.1. The highest BCUT2D eigenvalue weighted by atomic mass is 28.4. The van der Waals surface area contributed by atoms with Gasteiger partial charge in [-0.25, -0.2) is 0 Å². The number of ether oxygens (including phenoxy) is 1. The third kappa shape index (κ3) is 6.96. The first kappa shape index (κ1) is 39.5. The van der Waals surface area contributed by atoms with Crippen molar-refractivity contribution in [1.82, 2.24) is 0 Å². The number of hydrogen-bond acceptors (Lipinski definition) is 3. The van der Waals surface area contributed by atoms with E-state index in [2.05, 4.69) is 65.6 Å². The molecule has 3 aliphatic carbocycles. The Morgan fingerprint density at radius 2 is 1.58 bits per heavy atom.